The minimum absolute atomic E-state index is 0.192. The lowest BCUT2D eigenvalue weighted by Gasteiger charge is -2.13. The first kappa shape index (κ1) is 18.1. The van der Waals surface area contributed by atoms with Crippen LogP contribution < -0.4 is 15.5 Å². The summed E-state index contributed by atoms with van der Waals surface area (Å²) in [5.41, 5.74) is 0.837. The summed E-state index contributed by atoms with van der Waals surface area (Å²) in [5, 5.41) is 3.41. The number of aryl methyl sites for hydroxylation is 1. The molecule has 0 aliphatic carbocycles. The van der Waals surface area contributed by atoms with E-state index < -0.39 is 0 Å². The average molecular weight is 349 g/mol. The Morgan fingerprint density at radius 2 is 2.08 bits per heavy atom. The zero-order valence-corrected chi connectivity index (χ0v) is 14.8. The standard InChI is InChI=1S/C18H21ClN2O3/c1-12(2)9-20-18(23)15-8-16(22)17(10-21(15)3)24-11-13-5-4-6-14(19)7-13/h4-8,10,12H,9,11H2,1-3H3,(H,20,23). The van der Waals surface area contributed by atoms with Crippen LogP contribution in [0.4, 0.5) is 0 Å². The van der Waals surface area contributed by atoms with E-state index in [1.165, 1.54) is 12.3 Å². The van der Waals surface area contributed by atoms with E-state index in [-0.39, 0.29) is 23.7 Å². The predicted molar refractivity (Wildman–Crippen MR) is 94.6 cm³/mol. The van der Waals surface area contributed by atoms with E-state index in [9.17, 15) is 9.59 Å². The second kappa shape index (κ2) is 8.02. The van der Waals surface area contributed by atoms with E-state index in [1.54, 1.807) is 23.7 Å². The Morgan fingerprint density at radius 3 is 2.75 bits per heavy atom. The van der Waals surface area contributed by atoms with Gasteiger partial charge in [-0.3, -0.25) is 9.59 Å². The molecule has 0 saturated heterocycles. The van der Waals surface area contributed by atoms with Crippen molar-refractivity contribution in [3.8, 4) is 5.75 Å². The number of hydrogen-bond acceptors (Lipinski definition) is 3. The van der Waals surface area contributed by atoms with E-state index in [1.807, 2.05) is 26.0 Å². The Bertz CT molecular complexity index is 784. The topological polar surface area (TPSA) is 60.3 Å². The Kier molecular flexibility index (Phi) is 6.04. The number of rotatable bonds is 6. The molecule has 1 amide bonds. The van der Waals surface area contributed by atoms with Gasteiger partial charge in [0.15, 0.2) is 5.75 Å². The minimum Gasteiger partial charge on any atom is -0.483 e. The maximum Gasteiger partial charge on any atom is 0.268 e. The third-order valence-electron chi connectivity index (χ3n) is 3.39. The SMILES string of the molecule is CC(C)CNC(=O)c1cc(=O)c(OCc2cccc(Cl)c2)cn1C. The molecule has 0 saturated carbocycles. The van der Waals surface area contributed by atoms with E-state index in [2.05, 4.69) is 5.32 Å². The molecule has 1 heterocycles. The van der Waals surface area contributed by atoms with Gasteiger partial charge in [0, 0.05) is 24.7 Å². The smallest absolute Gasteiger partial charge is 0.268 e. The van der Waals surface area contributed by atoms with Gasteiger partial charge in [-0.15, -0.1) is 0 Å². The molecule has 6 heteroatoms. The van der Waals surface area contributed by atoms with Gasteiger partial charge < -0.3 is 14.6 Å². The third kappa shape index (κ3) is 4.86. The van der Waals surface area contributed by atoms with Crippen LogP contribution in [0, 0.1) is 5.92 Å². The highest BCUT2D eigenvalue weighted by Crippen LogP contribution is 2.13. The molecule has 1 aromatic carbocycles. The fourth-order valence-electron chi connectivity index (χ4n) is 2.12. The van der Waals surface area contributed by atoms with Gasteiger partial charge in [0.05, 0.1) is 6.20 Å². The van der Waals surface area contributed by atoms with Gasteiger partial charge in [-0.05, 0) is 23.6 Å². The molecule has 128 valence electrons. The number of amides is 1. The quantitative estimate of drug-likeness (QED) is 0.873. The zero-order chi connectivity index (χ0) is 17.7. The molecule has 24 heavy (non-hydrogen) atoms. The van der Waals surface area contributed by atoms with Crippen LogP contribution in [-0.2, 0) is 13.7 Å². The average Bonchev–Trinajstić information content (AvgIpc) is 2.53. The number of ether oxygens (including phenoxy) is 1. The van der Waals surface area contributed by atoms with Crippen molar-refractivity contribution < 1.29 is 9.53 Å². The minimum atomic E-state index is -0.329. The van der Waals surface area contributed by atoms with Crippen LogP contribution in [0.2, 0.25) is 5.02 Å². The van der Waals surface area contributed by atoms with Crippen molar-refractivity contribution in [2.75, 3.05) is 6.54 Å². The van der Waals surface area contributed by atoms with E-state index in [0.717, 1.165) is 5.56 Å². The number of benzene rings is 1. The van der Waals surface area contributed by atoms with Gasteiger partial charge in [-0.1, -0.05) is 37.6 Å². The molecular weight excluding hydrogens is 328 g/mol. The lowest BCUT2D eigenvalue weighted by atomic mass is 10.2. The number of carbonyl (C=O) groups is 1. The number of hydrogen-bond donors (Lipinski definition) is 1. The number of carbonyl (C=O) groups excluding carboxylic acids is 1. The summed E-state index contributed by atoms with van der Waals surface area (Å²) in [4.78, 5) is 24.3. The van der Waals surface area contributed by atoms with E-state index >= 15 is 0 Å². The van der Waals surface area contributed by atoms with Crippen molar-refractivity contribution in [3.05, 3.63) is 63.0 Å². The summed E-state index contributed by atoms with van der Waals surface area (Å²) < 4.78 is 7.16. The van der Waals surface area contributed by atoms with Crippen molar-refractivity contribution in [1.29, 1.82) is 0 Å². The maximum atomic E-state index is 12.2. The highest BCUT2D eigenvalue weighted by molar-refractivity contribution is 6.30. The highest BCUT2D eigenvalue weighted by atomic mass is 35.5. The van der Waals surface area contributed by atoms with Crippen LogP contribution in [0.15, 0.2) is 41.3 Å². The van der Waals surface area contributed by atoms with Crippen LogP contribution in [0.25, 0.3) is 0 Å². The van der Waals surface area contributed by atoms with Gasteiger partial charge >= 0.3 is 0 Å². The fourth-order valence-corrected chi connectivity index (χ4v) is 2.33. The molecule has 5 nitrogen and oxygen atoms in total. The summed E-state index contributed by atoms with van der Waals surface area (Å²) in [6.45, 7) is 4.80. The van der Waals surface area contributed by atoms with Crippen molar-refractivity contribution >= 4 is 17.5 Å². The highest BCUT2D eigenvalue weighted by Gasteiger charge is 2.13. The first-order valence-corrected chi connectivity index (χ1v) is 8.10. The van der Waals surface area contributed by atoms with Gasteiger partial charge in [0.1, 0.15) is 12.3 Å². The van der Waals surface area contributed by atoms with E-state index in [4.69, 9.17) is 16.3 Å². The summed E-state index contributed by atoms with van der Waals surface area (Å²) in [7, 11) is 1.70. The monoisotopic (exact) mass is 348 g/mol. The first-order valence-electron chi connectivity index (χ1n) is 7.73. The molecule has 0 bridgehead atoms. The normalized spacial score (nSPS) is 10.7. The summed E-state index contributed by atoms with van der Waals surface area (Å²) in [6, 6.07) is 8.53. The van der Waals surface area contributed by atoms with Crippen LogP contribution >= 0.6 is 11.6 Å². The predicted octanol–water partition coefficient (Wildman–Crippen LogP) is 3.00. The van der Waals surface area contributed by atoms with Crippen LogP contribution in [-0.4, -0.2) is 17.0 Å². The second-order valence-corrected chi connectivity index (χ2v) is 6.46. The molecule has 0 fully saturated rings. The molecule has 0 radical (unpaired) electrons. The molecule has 0 atom stereocenters. The molecule has 0 unspecified atom stereocenters. The summed E-state index contributed by atoms with van der Waals surface area (Å²) in [5.74, 6) is 0.258. The van der Waals surface area contributed by atoms with Crippen molar-refractivity contribution in [2.45, 2.75) is 20.5 Å². The molecule has 1 N–H and O–H groups in total. The molecule has 1 aromatic heterocycles. The molecule has 0 aliphatic rings. The second-order valence-electron chi connectivity index (χ2n) is 6.02. The lowest BCUT2D eigenvalue weighted by molar-refractivity contribution is 0.0939. The summed E-state index contributed by atoms with van der Waals surface area (Å²) >= 11 is 5.92. The van der Waals surface area contributed by atoms with Gasteiger partial charge in [-0.2, -0.15) is 0 Å². The Hall–Kier alpha value is -2.27. The number of nitrogens with zero attached hydrogens (tertiary/aromatic N) is 1. The van der Waals surface area contributed by atoms with Gasteiger partial charge in [-0.25, -0.2) is 0 Å². The number of nitrogens with one attached hydrogen (secondary N) is 1. The Balaban J connectivity index is 2.11. The maximum absolute atomic E-state index is 12.2. The van der Waals surface area contributed by atoms with E-state index in [0.29, 0.717) is 23.2 Å². The first-order chi connectivity index (χ1) is 11.4. The fraction of sp³-hybridized carbons (Fsp3) is 0.333. The van der Waals surface area contributed by atoms with Crippen molar-refractivity contribution in [3.63, 3.8) is 0 Å². The van der Waals surface area contributed by atoms with Crippen molar-refractivity contribution in [2.24, 2.45) is 13.0 Å². The zero-order valence-electron chi connectivity index (χ0n) is 14.0. The molecule has 2 rings (SSSR count). The summed E-state index contributed by atoms with van der Waals surface area (Å²) in [6.07, 6.45) is 1.52. The van der Waals surface area contributed by atoms with Crippen LogP contribution in [0.5, 0.6) is 5.75 Å². The number of pyridine rings is 1. The molecule has 0 spiro atoms. The van der Waals surface area contributed by atoms with Gasteiger partial charge in [0.2, 0.25) is 5.43 Å². The van der Waals surface area contributed by atoms with Crippen LogP contribution in [0.3, 0.4) is 0 Å². The van der Waals surface area contributed by atoms with Crippen molar-refractivity contribution in [1.82, 2.24) is 9.88 Å². The number of aromatic nitrogens is 1. The number of halogens is 1. The molecule has 0 aliphatic heterocycles. The largest absolute Gasteiger partial charge is 0.483 e. The van der Waals surface area contributed by atoms with Gasteiger partial charge in [0.25, 0.3) is 5.91 Å². The molecular formula is C18H21ClN2O3. The Labute approximate surface area is 146 Å². The van der Waals surface area contributed by atoms with Crippen LogP contribution in [0.1, 0.15) is 29.9 Å². The lowest BCUT2D eigenvalue weighted by Crippen LogP contribution is -2.30. The molecule has 2 aromatic rings. The third-order valence-corrected chi connectivity index (χ3v) is 3.62. The Morgan fingerprint density at radius 1 is 1.33 bits per heavy atom.